The Balaban J connectivity index is 2.15. The lowest BCUT2D eigenvalue weighted by Gasteiger charge is -2.18. The highest BCUT2D eigenvalue weighted by atomic mass is 79.9. The molecule has 190 valence electrons. The van der Waals surface area contributed by atoms with Gasteiger partial charge in [0.05, 0.1) is 28.1 Å². The molecule has 0 saturated heterocycles. The van der Waals surface area contributed by atoms with Crippen molar-refractivity contribution in [2.24, 2.45) is 0 Å². The lowest BCUT2D eigenvalue weighted by molar-refractivity contribution is -0.139. The van der Waals surface area contributed by atoms with Crippen molar-refractivity contribution in [2.75, 3.05) is 13.1 Å². The number of phenols is 1. The van der Waals surface area contributed by atoms with E-state index in [0.29, 0.717) is 0 Å². The molecule has 0 radical (unpaired) electrons. The Morgan fingerprint density at radius 2 is 1.63 bits per heavy atom. The summed E-state index contributed by atoms with van der Waals surface area (Å²) >= 11 is 14.6. The molecule has 2 rings (SSSR count). The number of rotatable bonds is 7. The van der Waals surface area contributed by atoms with Gasteiger partial charge in [0.2, 0.25) is 5.91 Å². The van der Waals surface area contributed by atoms with E-state index in [1.54, 1.807) is 5.32 Å². The first-order chi connectivity index (χ1) is 16.1. The zero-order valence-corrected chi connectivity index (χ0v) is 20.3. The molecule has 0 aliphatic rings. The monoisotopic (exact) mass is 606 g/mol. The van der Waals surface area contributed by atoms with E-state index in [9.17, 15) is 41.0 Å². The van der Waals surface area contributed by atoms with Crippen LogP contribution < -0.4 is 10.6 Å². The molecule has 0 bridgehead atoms. The molecule has 1 atom stereocenters. The molecule has 2 aromatic rings. The van der Waals surface area contributed by atoms with Crippen molar-refractivity contribution >= 4 is 57.0 Å². The van der Waals surface area contributed by atoms with Crippen LogP contribution >= 0.6 is 39.1 Å². The predicted molar refractivity (Wildman–Crippen MR) is 121 cm³/mol. The van der Waals surface area contributed by atoms with Crippen LogP contribution in [0.4, 0.5) is 26.3 Å². The summed E-state index contributed by atoms with van der Waals surface area (Å²) in [6.07, 6.45) is -7.34. The molecule has 0 fully saturated rings. The van der Waals surface area contributed by atoms with Crippen LogP contribution in [0.5, 0.6) is 5.75 Å². The number of aromatic hydroxyl groups is 1. The van der Waals surface area contributed by atoms with E-state index in [1.807, 2.05) is 0 Å². The number of hydrogen-bond acceptors (Lipinski definition) is 3. The number of carbonyl (C=O) groups excluding carboxylic acids is 2. The Bertz CT molecular complexity index is 1120. The molecule has 0 aromatic heterocycles. The van der Waals surface area contributed by atoms with Crippen molar-refractivity contribution in [3.05, 3.63) is 67.6 Å². The van der Waals surface area contributed by atoms with E-state index in [1.165, 1.54) is 18.2 Å². The van der Waals surface area contributed by atoms with Gasteiger partial charge in [-0.1, -0.05) is 41.4 Å². The van der Waals surface area contributed by atoms with Crippen molar-refractivity contribution in [1.82, 2.24) is 10.6 Å². The van der Waals surface area contributed by atoms with Crippen LogP contribution in [0.15, 0.2) is 40.9 Å². The largest absolute Gasteiger partial charge is 0.505 e. The molecule has 0 saturated carbocycles. The van der Waals surface area contributed by atoms with Gasteiger partial charge in [0.25, 0.3) is 5.91 Å². The minimum atomic E-state index is -4.72. The second-order valence-corrected chi connectivity index (χ2v) is 8.69. The van der Waals surface area contributed by atoms with E-state index in [2.05, 4.69) is 21.2 Å². The van der Waals surface area contributed by atoms with E-state index in [4.69, 9.17) is 23.2 Å². The number of benzene rings is 2. The summed E-state index contributed by atoms with van der Waals surface area (Å²) in [7, 11) is 0. The van der Waals surface area contributed by atoms with E-state index >= 15 is 0 Å². The third-order valence-corrected chi connectivity index (χ3v) is 5.60. The van der Waals surface area contributed by atoms with Crippen molar-refractivity contribution in [3.8, 4) is 5.75 Å². The molecular formula is C21H15BrCl2F6N2O3. The molecule has 2 aromatic carbocycles. The van der Waals surface area contributed by atoms with Crippen molar-refractivity contribution in [3.63, 3.8) is 0 Å². The predicted octanol–water partition coefficient (Wildman–Crippen LogP) is 6.23. The zero-order chi connectivity index (χ0) is 26.6. The van der Waals surface area contributed by atoms with Gasteiger partial charge >= 0.3 is 12.4 Å². The van der Waals surface area contributed by atoms with Gasteiger partial charge < -0.3 is 15.7 Å². The molecule has 0 aliphatic carbocycles. The van der Waals surface area contributed by atoms with Crippen LogP contribution in [0.3, 0.4) is 0 Å². The highest BCUT2D eigenvalue weighted by molar-refractivity contribution is 9.10. The first-order valence-electron chi connectivity index (χ1n) is 9.42. The number of phenolic OH excluding ortho intramolecular Hbond substituents is 1. The average Bonchev–Trinajstić information content (AvgIpc) is 2.73. The third kappa shape index (κ3) is 8.62. The quantitative estimate of drug-likeness (QED) is 0.327. The van der Waals surface area contributed by atoms with Gasteiger partial charge in [0.1, 0.15) is 6.54 Å². The first-order valence-corrected chi connectivity index (χ1v) is 11.0. The van der Waals surface area contributed by atoms with E-state index < -0.39 is 48.9 Å². The molecule has 5 nitrogen and oxygen atoms in total. The number of halogens is 9. The molecule has 0 aliphatic heterocycles. The van der Waals surface area contributed by atoms with Gasteiger partial charge in [0, 0.05) is 4.47 Å². The van der Waals surface area contributed by atoms with Gasteiger partial charge in [-0.2, -0.15) is 26.3 Å². The number of allylic oxidation sites excluding steroid dienone is 1. The fourth-order valence-electron chi connectivity index (χ4n) is 2.72. The normalized spacial score (nSPS) is 13.1. The fourth-order valence-corrected chi connectivity index (χ4v) is 3.80. The lowest BCUT2D eigenvalue weighted by Crippen LogP contribution is -2.40. The van der Waals surface area contributed by atoms with Crippen molar-refractivity contribution in [2.45, 2.75) is 18.3 Å². The van der Waals surface area contributed by atoms with Gasteiger partial charge in [-0.05, 0) is 51.3 Å². The maximum atomic E-state index is 13.6. The Hall–Kier alpha value is -2.44. The number of carbonyl (C=O) groups is 2. The van der Waals surface area contributed by atoms with Crippen LogP contribution in [0.1, 0.15) is 27.4 Å². The number of amides is 2. The fraction of sp³-hybridized carbons (Fsp3) is 0.238. The highest BCUT2D eigenvalue weighted by Gasteiger charge is 2.39. The molecule has 0 heterocycles. The maximum Gasteiger partial charge on any atom is 0.405 e. The SMILES string of the molecule is O=C(CNC(=O)c1ccc(C=CC(c2cc(Cl)c(O)c(Cl)c2)C(F)(F)F)cc1Br)NCC(F)(F)F. The Labute approximate surface area is 213 Å². The summed E-state index contributed by atoms with van der Waals surface area (Å²) in [6.45, 7) is -2.26. The summed E-state index contributed by atoms with van der Waals surface area (Å²) in [5.41, 5.74) is -0.0442. The van der Waals surface area contributed by atoms with Crippen LogP contribution in [0.25, 0.3) is 6.08 Å². The standard InChI is InChI=1S/C21H15BrCl2F6N2O3/c22-14-5-10(1-3-12(14)19(35)31-8-17(33)32-9-20(25,26)27)2-4-13(21(28,29)30)11-6-15(23)18(34)16(24)7-11/h1-7,13,34H,8-9H2,(H,31,35)(H,32,33). The second kappa shape index (κ2) is 11.5. The van der Waals surface area contributed by atoms with E-state index in [0.717, 1.165) is 24.3 Å². The third-order valence-electron chi connectivity index (χ3n) is 4.37. The summed E-state index contributed by atoms with van der Waals surface area (Å²) < 4.78 is 77.4. The molecule has 3 N–H and O–H groups in total. The summed E-state index contributed by atoms with van der Waals surface area (Å²) in [5.74, 6) is -4.51. The summed E-state index contributed by atoms with van der Waals surface area (Å²) in [6, 6.07) is 5.80. The topological polar surface area (TPSA) is 78.4 Å². The molecule has 0 spiro atoms. The van der Waals surface area contributed by atoms with E-state index in [-0.39, 0.29) is 31.2 Å². The highest BCUT2D eigenvalue weighted by Crippen LogP contribution is 2.41. The zero-order valence-electron chi connectivity index (χ0n) is 17.2. The summed E-state index contributed by atoms with van der Waals surface area (Å²) in [5, 5.41) is 12.6. The van der Waals surface area contributed by atoms with Crippen molar-refractivity contribution < 1.29 is 41.0 Å². The second-order valence-electron chi connectivity index (χ2n) is 7.03. The Morgan fingerprint density at radius 1 is 1.03 bits per heavy atom. The Morgan fingerprint density at radius 3 is 2.14 bits per heavy atom. The van der Waals surface area contributed by atoms with Crippen molar-refractivity contribution in [1.29, 1.82) is 0 Å². The van der Waals surface area contributed by atoms with Crippen LogP contribution in [-0.2, 0) is 4.79 Å². The smallest absolute Gasteiger partial charge is 0.405 e. The van der Waals surface area contributed by atoms with Crippen LogP contribution in [-0.4, -0.2) is 42.4 Å². The van der Waals surface area contributed by atoms with Gasteiger partial charge in [0.15, 0.2) is 5.75 Å². The van der Waals surface area contributed by atoms with Crippen LogP contribution in [0.2, 0.25) is 10.0 Å². The lowest BCUT2D eigenvalue weighted by atomic mass is 9.96. The first kappa shape index (κ1) is 28.8. The molecule has 2 amide bonds. The van der Waals surface area contributed by atoms with Gasteiger partial charge in [-0.3, -0.25) is 9.59 Å². The minimum Gasteiger partial charge on any atom is -0.505 e. The summed E-state index contributed by atoms with van der Waals surface area (Å²) in [4.78, 5) is 23.6. The number of nitrogens with one attached hydrogen (secondary N) is 2. The average molecular weight is 608 g/mol. The Kier molecular flexibility index (Phi) is 9.49. The van der Waals surface area contributed by atoms with Crippen LogP contribution in [0, 0.1) is 0 Å². The van der Waals surface area contributed by atoms with Gasteiger partial charge in [-0.15, -0.1) is 0 Å². The molecule has 14 heteroatoms. The number of hydrogen-bond donors (Lipinski definition) is 3. The molecule has 1 unspecified atom stereocenters. The molecular weight excluding hydrogens is 593 g/mol. The minimum absolute atomic E-state index is 0.00441. The maximum absolute atomic E-state index is 13.6. The number of alkyl halides is 6. The molecule has 35 heavy (non-hydrogen) atoms. The van der Waals surface area contributed by atoms with Gasteiger partial charge in [-0.25, -0.2) is 0 Å².